The van der Waals surface area contributed by atoms with Crippen LogP contribution in [-0.2, 0) is 0 Å². The van der Waals surface area contributed by atoms with Crippen molar-refractivity contribution in [3.8, 4) is 17.2 Å². The average molecular weight is 333 g/mol. The van der Waals surface area contributed by atoms with Crippen LogP contribution in [0, 0.1) is 0 Å². The molecule has 0 atom stereocenters. The maximum atomic E-state index is 12.2. The number of ether oxygens (including phenoxy) is 3. The maximum absolute atomic E-state index is 12.2. The predicted octanol–water partition coefficient (Wildman–Crippen LogP) is 4.26. The Balaban J connectivity index is 2.32. The van der Waals surface area contributed by atoms with Gasteiger partial charge in [0.1, 0.15) is 0 Å². The second kappa shape index (κ2) is 7.70. The van der Waals surface area contributed by atoms with Gasteiger partial charge >= 0.3 is 0 Å². The number of halogens is 1. The summed E-state index contributed by atoms with van der Waals surface area (Å²) < 4.78 is 15.9. The number of ketones is 1. The summed E-state index contributed by atoms with van der Waals surface area (Å²) in [5.41, 5.74) is 1.28. The third-order valence-electron chi connectivity index (χ3n) is 3.28. The normalized spacial score (nSPS) is 10.6. The van der Waals surface area contributed by atoms with Gasteiger partial charge in [0.05, 0.1) is 21.3 Å². The molecule has 0 spiro atoms. The third kappa shape index (κ3) is 3.85. The highest BCUT2D eigenvalue weighted by atomic mass is 35.5. The van der Waals surface area contributed by atoms with Crippen molar-refractivity contribution >= 4 is 23.5 Å². The second-order valence-electron chi connectivity index (χ2n) is 4.63. The van der Waals surface area contributed by atoms with Crippen molar-refractivity contribution in [1.82, 2.24) is 0 Å². The molecule has 4 nitrogen and oxygen atoms in total. The first kappa shape index (κ1) is 16.9. The minimum Gasteiger partial charge on any atom is -0.493 e. The van der Waals surface area contributed by atoms with Crippen LogP contribution in [0.5, 0.6) is 17.2 Å². The van der Waals surface area contributed by atoms with Gasteiger partial charge in [0.25, 0.3) is 0 Å². The number of benzene rings is 2. The van der Waals surface area contributed by atoms with Crippen LogP contribution in [0.4, 0.5) is 0 Å². The summed E-state index contributed by atoms with van der Waals surface area (Å²) in [6.45, 7) is 0. The first-order valence-corrected chi connectivity index (χ1v) is 7.25. The van der Waals surface area contributed by atoms with Crippen LogP contribution in [0.25, 0.3) is 6.08 Å². The van der Waals surface area contributed by atoms with Gasteiger partial charge in [0, 0.05) is 16.1 Å². The van der Waals surface area contributed by atoms with E-state index in [1.54, 1.807) is 49.6 Å². The molecule has 23 heavy (non-hydrogen) atoms. The molecular weight excluding hydrogens is 316 g/mol. The number of hydrogen-bond donors (Lipinski definition) is 0. The molecule has 2 rings (SSSR count). The lowest BCUT2D eigenvalue weighted by Gasteiger charge is -2.13. The van der Waals surface area contributed by atoms with Gasteiger partial charge in [-0.3, -0.25) is 4.79 Å². The molecule has 0 radical (unpaired) electrons. The highest BCUT2D eigenvalue weighted by Crippen LogP contribution is 2.40. The van der Waals surface area contributed by atoms with Gasteiger partial charge in [-0.2, -0.15) is 0 Å². The van der Waals surface area contributed by atoms with E-state index in [4.69, 9.17) is 25.8 Å². The molecule has 2 aromatic carbocycles. The van der Waals surface area contributed by atoms with E-state index >= 15 is 0 Å². The molecule has 2 aromatic rings. The summed E-state index contributed by atoms with van der Waals surface area (Å²) in [6.07, 6.45) is 3.16. The van der Waals surface area contributed by atoms with Crippen molar-refractivity contribution in [2.75, 3.05) is 21.3 Å². The topological polar surface area (TPSA) is 44.8 Å². The second-order valence-corrected chi connectivity index (χ2v) is 5.06. The quantitative estimate of drug-likeness (QED) is 0.585. The van der Waals surface area contributed by atoms with E-state index in [0.717, 1.165) is 0 Å². The zero-order valence-electron chi connectivity index (χ0n) is 13.1. The van der Waals surface area contributed by atoms with Gasteiger partial charge in [0.15, 0.2) is 17.3 Å². The van der Waals surface area contributed by atoms with Gasteiger partial charge in [-0.05, 0) is 48.6 Å². The van der Waals surface area contributed by atoms with Gasteiger partial charge in [-0.25, -0.2) is 0 Å². The van der Waals surface area contributed by atoms with Crippen LogP contribution in [0.3, 0.4) is 0 Å². The first-order valence-electron chi connectivity index (χ1n) is 6.87. The lowest BCUT2D eigenvalue weighted by Crippen LogP contribution is -1.97. The Labute approximate surface area is 140 Å². The van der Waals surface area contributed by atoms with E-state index < -0.39 is 0 Å². The lowest BCUT2D eigenvalue weighted by atomic mass is 10.1. The molecule has 0 unspecified atom stereocenters. The predicted molar refractivity (Wildman–Crippen MR) is 90.9 cm³/mol. The van der Waals surface area contributed by atoms with Crippen molar-refractivity contribution in [3.63, 3.8) is 0 Å². The van der Waals surface area contributed by atoms with Gasteiger partial charge in [0.2, 0.25) is 5.75 Å². The molecule has 0 aromatic heterocycles. The van der Waals surface area contributed by atoms with Crippen LogP contribution in [0.2, 0.25) is 5.02 Å². The highest BCUT2D eigenvalue weighted by Gasteiger charge is 2.14. The largest absolute Gasteiger partial charge is 0.493 e. The fourth-order valence-corrected chi connectivity index (χ4v) is 2.26. The molecular formula is C18H17ClO4. The summed E-state index contributed by atoms with van der Waals surface area (Å²) in [4.78, 5) is 12.2. The lowest BCUT2D eigenvalue weighted by molar-refractivity contribution is 0.104. The van der Waals surface area contributed by atoms with E-state index in [-0.39, 0.29) is 5.78 Å². The monoisotopic (exact) mass is 332 g/mol. The number of carbonyl (C=O) groups excluding carboxylic acids is 1. The highest BCUT2D eigenvalue weighted by molar-refractivity contribution is 6.30. The number of rotatable bonds is 6. The number of allylic oxidation sites excluding steroid dienone is 1. The summed E-state index contributed by atoms with van der Waals surface area (Å²) in [5.74, 6) is 1.42. The van der Waals surface area contributed by atoms with Crippen molar-refractivity contribution in [3.05, 3.63) is 58.6 Å². The van der Waals surface area contributed by atoms with Gasteiger partial charge < -0.3 is 14.2 Å². The Morgan fingerprint density at radius 3 is 2.13 bits per heavy atom. The van der Waals surface area contributed by atoms with E-state index in [0.29, 0.717) is 33.4 Å². The van der Waals surface area contributed by atoms with Crippen molar-refractivity contribution in [2.24, 2.45) is 0 Å². The SMILES string of the molecule is COc1ccc(C=CC(=O)c2ccc(Cl)cc2)c(OC)c1OC. The van der Waals surface area contributed by atoms with E-state index in [1.165, 1.54) is 20.3 Å². The summed E-state index contributed by atoms with van der Waals surface area (Å²) >= 11 is 5.82. The maximum Gasteiger partial charge on any atom is 0.203 e. The summed E-state index contributed by atoms with van der Waals surface area (Å²) in [5, 5.41) is 0.590. The molecule has 0 N–H and O–H groups in total. The fourth-order valence-electron chi connectivity index (χ4n) is 2.13. The van der Waals surface area contributed by atoms with Crippen LogP contribution in [0.15, 0.2) is 42.5 Å². The molecule has 0 saturated carbocycles. The molecule has 0 aliphatic carbocycles. The van der Waals surface area contributed by atoms with E-state index in [1.807, 2.05) is 0 Å². The Morgan fingerprint density at radius 1 is 0.913 bits per heavy atom. The zero-order valence-corrected chi connectivity index (χ0v) is 13.9. The molecule has 0 fully saturated rings. The Bertz CT molecular complexity index is 721. The molecule has 0 bridgehead atoms. The molecule has 0 aliphatic rings. The smallest absolute Gasteiger partial charge is 0.203 e. The summed E-state index contributed by atoms with van der Waals surface area (Å²) in [7, 11) is 4.62. The minimum atomic E-state index is -0.126. The minimum absolute atomic E-state index is 0.126. The van der Waals surface area contributed by atoms with Crippen molar-refractivity contribution in [2.45, 2.75) is 0 Å². The van der Waals surface area contributed by atoms with Crippen LogP contribution >= 0.6 is 11.6 Å². The molecule has 120 valence electrons. The Hall–Kier alpha value is -2.46. The first-order chi connectivity index (χ1) is 11.1. The zero-order chi connectivity index (χ0) is 16.8. The summed E-state index contributed by atoms with van der Waals surface area (Å²) in [6, 6.07) is 10.3. The molecule has 0 aliphatic heterocycles. The van der Waals surface area contributed by atoms with Crippen LogP contribution < -0.4 is 14.2 Å². The molecule has 0 heterocycles. The molecule has 5 heteroatoms. The molecule has 0 amide bonds. The van der Waals surface area contributed by atoms with Crippen molar-refractivity contribution in [1.29, 1.82) is 0 Å². The fraction of sp³-hybridized carbons (Fsp3) is 0.167. The van der Waals surface area contributed by atoms with Crippen LogP contribution in [0.1, 0.15) is 15.9 Å². The number of methoxy groups -OCH3 is 3. The Kier molecular flexibility index (Phi) is 5.66. The standard InChI is InChI=1S/C18H17ClO4/c1-21-16-11-7-13(17(22-2)18(16)23-3)6-10-15(20)12-4-8-14(19)9-5-12/h4-11H,1-3H3. The Morgan fingerprint density at radius 2 is 1.57 bits per heavy atom. The number of hydrogen-bond acceptors (Lipinski definition) is 4. The van der Waals surface area contributed by atoms with Gasteiger partial charge in [-0.15, -0.1) is 0 Å². The van der Waals surface area contributed by atoms with Crippen molar-refractivity contribution < 1.29 is 19.0 Å². The van der Waals surface area contributed by atoms with Gasteiger partial charge in [-0.1, -0.05) is 11.6 Å². The molecule has 0 saturated heterocycles. The third-order valence-corrected chi connectivity index (χ3v) is 3.53. The average Bonchev–Trinajstić information content (AvgIpc) is 2.59. The van der Waals surface area contributed by atoms with Crippen LogP contribution in [-0.4, -0.2) is 27.1 Å². The number of carbonyl (C=O) groups is 1. The van der Waals surface area contributed by atoms with E-state index in [2.05, 4.69) is 0 Å². The van der Waals surface area contributed by atoms with E-state index in [9.17, 15) is 4.79 Å².